The molecule has 0 fully saturated rings. The Morgan fingerprint density at radius 2 is 1.91 bits per heavy atom. The third-order valence-corrected chi connectivity index (χ3v) is 5.19. The van der Waals surface area contributed by atoms with Gasteiger partial charge in [-0.3, -0.25) is 9.78 Å². The number of carbonyl (C=O) groups excluding carboxylic acids is 1. The Morgan fingerprint density at radius 3 is 2.59 bits per heavy atom. The fourth-order valence-corrected chi connectivity index (χ4v) is 3.51. The number of tetrazole rings is 1. The van der Waals surface area contributed by atoms with Crippen LogP contribution in [-0.2, 0) is 13.0 Å². The van der Waals surface area contributed by atoms with E-state index in [9.17, 15) is 4.79 Å². The molecule has 1 N–H and O–H groups in total. The number of H-pyrrole nitrogens is 1. The first-order valence-corrected chi connectivity index (χ1v) is 10.9. The average molecular weight is 431 g/mol. The summed E-state index contributed by atoms with van der Waals surface area (Å²) in [5.41, 5.74) is 3.66. The minimum atomic E-state index is -0.00372. The summed E-state index contributed by atoms with van der Waals surface area (Å²) in [6.07, 6.45) is 5.70. The van der Waals surface area contributed by atoms with Gasteiger partial charge in [0.15, 0.2) is 5.82 Å². The van der Waals surface area contributed by atoms with Crippen molar-refractivity contribution in [2.45, 2.75) is 52.5 Å². The van der Waals surface area contributed by atoms with E-state index in [1.807, 2.05) is 54.2 Å². The second-order valence-electron chi connectivity index (χ2n) is 7.63. The molecule has 0 aliphatic heterocycles. The second-order valence-corrected chi connectivity index (χ2v) is 7.63. The summed E-state index contributed by atoms with van der Waals surface area (Å²) in [6, 6.07) is 11.9. The van der Waals surface area contributed by atoms with Crippen molar-refractivity contribution in [2.24, 2.45) is 0 Å². The lowest BCUT2D eigenvalue weighted by molar-refractivity contribution is 0.0971. The van der Waals surface area contributed by atoms with E-state index in [0.29, 0.717) is 24.5 Å². The normalized spacial score (nSPS) is 11.1. The first-order valence-electron chi connectivity index (χ1n) is 10.9. The van der Waals surface area contributed by atoms with Gasteiger partial charge in [0.05, 0.1) is 5.69 Å². The number of unbranched alkanes of at least 4 members (excludes halogenated alkanes) is 1. The van der Waals surface area contributed by atoms with Crippen LogP contribution in [0.4, 0.5) is 0 Å². The molecule has 0 atom stereocenters. The maximum absolute atomic E-state index is 12.3. The molecule has 1 aromatic carbocycles. The van der Waals surface area contributed by atoms with E-state index in [1.165, 1.54) is 0 Å². The maximum atomic E-state index is 12.3. The van der Waals surface area contributed by atoms with Crippen LogP contribution < -0.4 is 0 Å². The topological polar surface area (TPSA) is 115 Å². The van der Waals surface area contributed by atoms with Crippen molar-refractivity contribution in [1.82, 2.24) is 40.4 Å². The molecule has 32 heavy (non-hydrogen) atoms. The molecule has 0 unspecified atom stereocenters. The van der Waals surface area contributed by atoms with Crippen molar-refractivity contribution in [3.63, 3.8) is 0 Å². The second kappa shape index (κ2) is 10.0. The smallest absolute Gasteiger partial charge is 0.217 e. The van der Waals surface area contributed by atoms with Gasteiger partial charge in [-0.1, -0.05) is 50.6 Å². The van der Waals surface area contributed by atoms with E-state index in [1.54, 1.807) is 0 Å². The summed E-state index contributed by atoms with van der Waals surface area (Å²) in [5, 5.41) is 18.6. The molecule has 0 aliphatic carbocycles. The van der Waals surface area contributed by atoms with Crippen molar-refractivity contribution >= 4 is 5.78 Å². The van der Waals surface area contributed by atoms with E-state index in [-0.39, 0.29) is 5.78 Å². The third-order valence-electron chi connectivity index (χ3n) is 5.19. The molecule has 9 heteroatoms. The molecule has 9 nitrogen and oxygen atoms in total. The third kappa shape index (κ3) is 4.77. The maximum Gasteiger partial charge on any atom is 0.217 e. The lowest BCUT2D eigenvalue weighted by Crippen LogP contribution is -2.07. The van der Waals surface area contributed by atoms with Crippen LogP contribution in [0.1, 0.15) is 61.5 Å². The summed E-state index contributed by atoms with van der Waals surface area (Å²) < 4.78 is 1.87. The fraction of sp³-hybridized carbons (Fsp3) is 0.348. The van der Waals surface area contributed by atoms with Crippen LogP contribution in [0, 0.1) is 0 Å². The van der Waals surface area contributed by atoms with Gasteiger partial charge in [-0.15, -0.1) is 10.2 Å². The van der Waals surface area contributed by atoms with E-state index in [4.69, 9.17) is 0 Å². The number of Topliss-reactive ketones (excluding diaryl/α,β-unsaturated/α-hetero) is 1. The summed E-state index contributed by atoms with van der Waals surface area (Å²) in [6.45, 7) is 4.87. The predicted octanol–water partition coefficient (Wildman–Crippen LogP) is 3.89. The lowest BCUT2D eigenvalue weighted by atomic mass is 10.0. The van der Waals surface area contributed by atoms with Crippen LogP contribution in [0.15, 0.2) is 42.6 Å². The average Bonchev–Trinajstić information content (AvgIpc) is 3.49. The number of nitrogens with zero attached hydrogens (tertiary/aromatic N) is 7. The Bertz CT molecular complexity index is 1170. The highest BCUT2D eigenvalue weighted by Crippen LogP contribution is 2.28. The van der Waals surface area contributed by atoms with Crippen LogP contribution >= 0.6 is 0 Å². The molecule has 164 valence electrons. The van der Waals surface area contributed by atoms with Gasteiger partial charge in [-0.2, -0.15) is 0 Å². The van der Waals surface area contributed by atoms with Gasteiger partial charge in [0, 0.05) is 36.7 Å². The summed E-state index contributed by atoms with van der Waals surface area (Å²) in [5.74, 6) is 1.70. The molecule has 4 rings (SSSR count). The van der Waals surface area contributed by atoms with E-state index < -0.39 is 0 Å². The highest BCUT2D eigenvalue weighted by molar-refractivity contribution is 5.92. The van der Waals surface area contributed by atoms with Gasteiger partial charge in [0.1, 0.15) is 5.82 Å². The first kappa shape index (κ1) is 21.5. The number of rotatable bonds is 10. The van der Waals surface area contributed by atoms with Gasteiger partial charge in [-0.05, 0) is 34.9 Å². The van der Waals surface area contributed by atoms with Crippen molar-refractivity contribution in [3.05, 3.63) is 59.8 Å². The zero-order valence-corrected chi connectivity index (χ0v) is 18.3. The molecule has 3 heterocycles. The molecular formula is C23H26N8O. The first-order chi connectivity index (χ1) is 15.7. The van der Waals surface area contributed by atoms with Crippen LogP contribution in [0.25, 0.3) is 22.6 Å². The number of carbonyl (C=O) groups is 1. The van der Waals surface area contributed by atoms with Crippen LogP contribution in [0.2, 0.25) is 0 Å². The molecule has 0 saturated heterocycles. The largest absolute Gasteiger partial charge is 0.291 e. The lowest BCUT2D eigenvalue weighted by Gasteiger charge is -2.08. The Hall–Kier alpha value is -3.75. The highest BCUT2D eigenvalue weighted by Gasteiger charge is 2.16. The van der Waals surface area contributed by atoms with Gasteiger partial charge >= 0.3 is 0 Å². The Labute approximate surface area is 186 Å². The van der Waals surface area contributed by atoms with Crippen molar-refractivity contribution in [3.8, 4) is 22.6 Å². The summed E-state index contributed by atoms with van der Waals surface area (Å²) in [7, 11) is 0. The zero-order chi connectivity index (χ0) is 22.3. The number of benzene rings is 1. The molecule has 0 radical (unpaired) electrons. The zero-order valence-electron chi connectivity index (χ0n) is 18.3. The standard InChI is InChI=1S/C23H26N8O/c1-3-5-13-31-21(25-23(28-31)20(32)8-4-2)14-16-11-12-19(24-15-16)17-9-6-7-10-18(17)22-26-29-30-27-22/h6-7,9-12,15H,3-5,8,13-14H2,1-2H3,(H,26,27,29,30). The van der Waals surface area contributed by atoms with Crippen molar-refractivity contribution in [1.29, 1.82) is 0 Å². The number of aromatic nitrogens is 8. The molecule has 0 aliphatic rings. The molecular weight excluding hydrogens is 404 g/mol. The highest BCUT2D eigenvalue weighted by atomic mass is 16.1. The minimum Gasteiger partial charge on any atom is -0.291 e. The number of pyridine rings is 1. The van der Waals surface area contributed by atoms with Crippen LogP contribution in [0.3, 0.4) is 0 Å². The number of aromatic amines is 1. The molecule has 3 aromatic heterocycles. The fourth-order valence-electron chi connectivity index (χ4n) is 3.51. The van der Waals surface area contributed by atoms with E-state index in [0.717, 1.165) is 54.0 Å². The van der Waals surface area contributed by atoms with Crippen LogP contribution in [0.5, 0.6) is 0 Å². The SMILES string of the molecule is CCCCn1nc(C(=O)CCC)nc1Cc1ccc(-c2ccccc2-c2nnn[nH]2)nc1. The molecule has 4 aromatic rings. The number of ketones is 1. The van der Waals surface area contributed by atoms with Gasteiger partial charge in [0.25, 0.3) is 0 Å². The predicted molar refractivity (Wildman–Crippen MR) is 120 cm³/mol. The monoisotopic (exact) mass is 430 g/mol. The number of hydrogen-bond donors (Lipinski definition) is 1. The van der Waals surface area contributed by atoms with Gasteiger partial charge < -0.3 is 0 Å². The van der Waals surface area contributed by atoms with E-state index in [2.05, 4.69) is 42.6 Å². The van der Waals surface area contributed by atoms with Gasteiger partial charge in [0.2, 0.25) is 11.6 Å². The molecule has 0 saturated carbocycles. The Kier molecular flexibility index (Phi) is 6.74. The molecule has 0 spiro atoms. The van der Waals surface area contributed by atoms with Gasteiger partial charge in [-0.25, -0.2) is 14.8 Å². The molecule has 0 bridgehead atoms. The van der Waals surface area contributed by atoms with Crippen molar-refractivity contribution in [2.75, 3.05) is 0 Å². The summed E-state index contributed by atoms with van der Waals surface area (Å²) in [4.78, 5) is 21.5. The number of aryl methyl sites for hydroxylation is 1. The quantitative estimate of drug-likeness (QED) is 0.379. The number of hydrogen-bond acceptors (Lipinski definition) is 7. The Morgan fingerprint density at radius 1 is 1.06 bits per heavy atom. The van der Waals surface area contributed by atoms with Crippen LogP contribution in [-0.4, -0.2) is 46.2 Å². The summed E-state index contributed by atoms with van der Waals surface area (Å²) >= 11 is 0. The minimum absolute atomic E-state index is 0.00372. The van der Waals surface area contributed by atoms with E-state index >= 15 is 0 Å². The molecule has 0 amide bonds. The number of nitrogens with one attached hydrogen (secondary N) is 1. The van der Waals surface area contributed by atoms with Crippen molar-refractivity contribution < 1.29 is 4.79 Å². The Balaban J connectivity index is 1.58.